The van der Waals surface area contributed by atoms with Gasteiger partial charge in [-0.3, -0.25) is 14.3 Å². The number of nitrogens with zero attached hydrogens (tertiary/aromatic N) is 3. The van der Waals surface area contributed by atoms with E-state index in [9.17, 15) is 22.8 Å². The van der Waals surface area contributed by atoms with Crippen LogP contribution in [0.4, 0.5) is 18.9 Å². The lowest BCUT2D eigenvalue weighted by molar-refractivity contribution is -0.146. The summed E-state index contributed by atoms with van der Waals surface area (Å²) < 4.78 is 45.6. The van der Waals surface area contributed by atoms with Crippen molar-refractivity contribution in [1.29, 1.82) is 0 Å². The van der Waals surface area contributed by atoms with Crippen LogP contribution >= 0.6 is 0 Å². The van der Waals surface area contributed by atoms with Gasteiger partial charge in [-0.2, -0.15) is 18.3 Å². The molecule has 7 nitrogen and oxygen atoms in total. The lowest BCUT2D eigenvalue weighted by Gasteiger charge is -2.26. The van der Waals surface area contributed by atoms with E-state index in [1.54, 1.807) is 6.07 Å². The largest absolute Gasteiger partial charge is 0.469 e. The van der Waals surface area contributed by atoms with Gasteiger partial charge >= 0.3 is 12.1 Å². The van der Waals surface area contributed by atoms with Gasteiger partial charge in [0.15, 0.2) is 0 Å². The summed E-state index contributed by atoms with van der Waals surface area (Å²) in [7, 11) is 1.40. The lowest BCUT2D eigenvalue weighted by atomic mass is 9.86. The zero-order valence-electron chi connectivity index (χ0n) is 18.9. The lowest BCUT2D eigenvalue weighted by Crippen LogP contribution is -2.24. The first-order valence-electron chi connectivity index (χ1n) is 11.1. The number of nitrogens with one attached hydrogen (secondary N) is 1. The van der Waals surface area contributed by atoms with Crippen LogP contribution in [0.5, 0.6) is 0 Å². The molecule has 2 heterocycles. The van der Waals surface area contributed by atoms with Gasteiger partial charge in [0.1, 0.15) is 11.4 Å². The average molecular weight is 474 g/mol. The molecule has 1 N–H and O–H groups in total. The number of aryl methyl sites for hydroxylation is 1. The summed E-state index contributed by atoms with van der Waals surface area (Å²) >= 11 is 0. The van der Waals surface area contributed by atoms with E-state index in [-0.39, 0.29) is 23.6 Å². The van der Waals surface area contributed by atoms with Gasteiger partial charge in [-0.15, -0.1) is 0 Å². The number of amides is 1. The van der Waals surface area contributed by atoms with E-state index >= 15 is 0 Å². The number of pyridine rings is 1. The Balaban J connectivity index is 1.55. The van der Waals surface area contributed by atoms with Crippen LogP contribution in [0.2, 0.25) is 0 Å². The second-order valence-corrected chi connectivity index (χ2v) is 8.42. The van der Waals surface area contributed by atoms with Crippen molar-refractivity contribution in [1.82, 2.24) is 14.8 Å². The Kier molecular flexibility index (Phi) is 6.58. The van der Waals surface area contributed by atoms with Crippen molar-refractivity contribution in [3.8, 4) is 0 Å². The molecule has 180 valence electrons. The summed E-state index contributed by atoms with van der Waals surface area (Å²) in [6.07, 6.45) is 0.944. The molecule has 0 aliphatic heterocycles. The summed E-state index contributed by atoms with van der Waals surface area (Å²) in [5, 5.41) is 8.21. The molecule has 0 atom stereocenters. The minimum atomic E-state index is -4.63. The van der Waals surface area contributed by atoms with Crippen LogP contribution in [0.25, 0.3) is 10.9 Å². The van der Waals surface area contributed by atoms with E-state index in [1.165, 1.54) is 13.2 Å². The van der Waals surface area contributed by atoms with Gasteiger partial charge in [-0.05, 0) is 61.9 Å². The van der Waals surface area contributed by atoms with Crippen LogP contribution < -0.4 is 5.32 Å². The number of benzene rings is 1. The third-order valence-corrected chi connectivity index (χ3v) is 6.25. The summed E-state index contributed by atoms with van der Waals surface area (Å²) in [5.74, 6) is -0.967. The van der Waals surface area contributed by atoms with Gasteiger partial charge in [0.2, 0.25) is 0 Å². The minimum Gasteiger partial charge on any atom is -0.469 e. The Labute approximate surface area is 194 Å². The predicted octanol–water partition coefficient (Wildman–Crippen LogP) is 5.17. The Morgan fingerprint density at radius 2 is 1.91 bits per heavy atom. The Bertz CT molecular complexity index is 1210. The zero-order valence-corrected chi connectivity index (χ0v) is 18.9. The monoisotopic (exact) mass is 474 g/mol. The molecule has 1 amide bonds. The highest BCUT2D eigenvalue weighted by molar-refractivity contribution is 6.04. The molecule has 34 heavy (non-hydrogen) atoms. The minimum absolute atomic E-state index is 0.0794. The third-order valence-electron chi connectivity index (χ3n) is 6.25. The van der Waals surface area contributed by atoms with E-state index < -0.39 is 17.8 Å². The van der Waals surface area contributed by atoms with E-state index in [0.717, 1.165) is 54.3 Å². The highest BCUT2D eigenvalue weighted by Gasteiger charge is 2.33. The third kappa shape index (κ3) is 4.90. The molecule has 1 aromatic carbocycles. The van der Waals surface area contributed by atoms with Crippen LogP contribution in [0.15, 0.2) is 36.5 Å². The molecule has 1 fully saturated rings. The molecular weight excluding hydrogens is 449 g/mol. The van der Waals surface area contributed by atoms with Crippen molar-refractivity contribution in [3.63, 3.8) is 0 Å². The second-order valence-electron chi connectivity index (χ2n) is 8.42. The summed E-state index contributed by atoms with van der Waals surface area (Å²) in [4.78, 5) is 27.9. The van der Waals surface area contributed by atoms with Crippen LogP contribution in [0, 0.1) is 5.92 Å². The van der Waals surface area contributed by atoms with Crippen LogP contribution in [-0.2, 0) is 22.1 Å². The molecule has 0 radical (unpaired) electrons. The van der Waals surface area contributed by atoms with Gasteiger partial charge in [0.25, 0.3) is 5.91 Å². The Morgan fingerprint density at radius 3 is 2.56 bits per heavy atom. The first kappa shape index (κ1) is 23.7. The van der Waals surface area contributed by atoms with Crippen LogP contribution in [0.1, 0.15) is 60.4 Å². The highest BCUT2D eigenvalue weighted by atomic mass is 19.4. The normalized spacial score (nSPS) is 18.6. The number of methoxy groups -OCH3 is 1. The van der Waals surface area contributed by atoms with E-state index in [1.807, 2.05) is 23.9 Å². The number of carbonyl (C=O) groups is 2. The molecule has 10 heteroatoms. The van der Waals surface area contributed by atoms with Crippen molar-refractivity contribution in [2.75, 3.05) is 12.4 Å². The maximum Gasteiger partial charge on any atom is 0.433 e. The molecule has 1 aliphatic carbocycles. The number of esters is 1. The second kappa shape index (κ2) is 9.44. The van der Waals surface area contributed by atoms with Gasteiger partial charge in [0, 0.05) is 17.3 Å². The van der Waals surface area contributed by atoms with Crippen molar-refractivity contribution in [2.45, 2.75) is 51.2 Å². The van der Waals surface area contributed by atoms with Crippen molar-refractivity contribution in [3.05, 3.63) is 53.5 Å². The molecule has 0 unspecified atom stereocenters. The molecular formula is C24H25F3N4O3. The number of ether oxygens (including phenoxy) is 1. The number of alkyl halides is 3. The SMILES string of the molecule is CCc1cc2nn([C@H]3CC[C@H](C(=O)OC)CC3)cc2cc1NC(=O)c1cccc(C(F)(F)F)n1. The molecule has 0 saturated heterocycles. The quantitative estimate of drug-likeness (QED) is 0.516. The predicted molar refractivity (Wildman–Crippen MR) is 119 cm³/mol. The first-order valence-corrected chi connectivity index (χ1v) is 11.1. The standard InChI is InChI=1S/C24H25F3N4O3/c1-3-14-11-20-16(13-31(30-20)17-9-7-15(8-10-17)23(33)34-2)12-19(14)29-22(32)18-5-4-6-21(28-18)24(25,26)27/h4-6,11-13,15,17H,3,7-10H2,1-2H3,(H,29,32)/t15-,17-. The van der Waals surface area contributed by atoms with Crippen molar-refractivity contribution >= 4 is 28.5 Å². The van der Waals surface area contributed by atoms with Gasteiger partial charge in [-0.25, -0.2) is 4.98 Å². The average Bonchev–Trinajstić information content (AvgIpc) is 3.25. The number of anilines is 1. The summed E-state index contributed by atoms with van der Waals surface area (Å²) in [6, 6.07) is 7.05. The number of carbonyl (C=O) groups excluding carboxylic acids is 2. The number of halogens is 3. The highest BCUT2D eigenvalue weighted by Crippen LogP contribution is 2.34. The number of hydrogen-bond donors (Lipinski definition) is 1. The summed E-state index contributed by atoms with van der Waals surface area (Å²) in [6.45, 7) is 1.92. The van der Waals surface area contributed by atoms with Gasteiger partial charge in [-0.1, -0.05) is 13.0 Å². The fourth-order valence-corrected chi connectivity index (χ4v) is 4.38. The molecule has 3 aromatic rings. The van der Waals surface area contributed by atoms with E-state index in [0.29, 0.717) is 12.1 Å². The Morgan fingerprint density at radius 1 is 1.18 bits per heavy atom. The van der Waals surface area contributed by atoms with Gasteiger partial charge in [0.05, 0.1) is 24.6 Å². The fourth-order valence-electron chi connectivity index (χ4n) is 4.38. The fraction of sp³-hybridized carbons (Fsp3) is 0.417. The number of fused-ring (bicyclic) bond motifs is 1. The molecule has 2 aromatic heterocycles. The molecule has 1 aliphatic rings. The zero-order chi connectivity index (χ0) is 24.5. The smallest absolute Gasteiger partial charge is 0.433 e. The maximum atomic E-state index is 13.0. The van der Waals surface area contributed by atoms with Crippen molar-refractivity contribution < 1.29 is 27.5 Å². The van der Waals surface area contributed by atoms with Gasteiger partial charge < -0.3 is 10.1 Å². The number of rotatable bonds is 5. The van der Waals surface area contributed by atoms with Crippen LogP contribution in [0.3, 0.4) is 0 Å². The summed E-state index contributed by atoms with van der Waals surface area (Å²) in [5.41, 5.74) is 0.660. The van der Waals surface area contributed by atoms with E-state index in [2.05, 4.69) is 10.3 Å². The number of hydrogen-bond acceptors (Lipinski definition) is 5. The topological polar surface area (TPSA) is 86.1 Å². The van der Waals surface area contributed by atoms with Crippen molar-refractivity contribution in [2.24, 2.45) is 5.92 Å². The van der Waals surface area contributed by atoms with E-state index in [4.69, 9.17) is 9.84 Å². The van der Waals surface area contributed by atoms with Crippen LogP contribution in [-0.4, -0.2) is 33.8 Å². The first-order chi connectivity index (χ1) is 16.2. The maximum absolute atomic E-state index is 13.0. The number of aromatic nitrogens is 3. The molecule has 4 rings (SSSR count). The molecule has 1 saturated carbocycles. The Hall–Kier alpha value is -3.43. The molecule has 0 bridgehead atoms. The molecule has 0 spiro atoms.